The van der Waals surface area contributed by atoms with E-state index in [0.717, 1.165) is 5.75 Å². The second-order valence-corrected chi connectivity index (χ2v) is 4.57. The number of Topliss-reactive ketones (excluding diaryl/α,β-unsaturated/α-hetero) is 1. The highest BCUT2D eigenvalue weighted by Crippen LogP contribution is 2.23. The molecule has 0 N–H and O–H groups in total. The van der Waals surface area contributed by atoms with Crippen LogP contribution >= 0.6 is 0 Å². The first-order valence-electron chi connectivity index (χ1n) is 6.45. The zero-order chi connectivity index (χ0) is 14.4. The third kappa shape index (κ3) is 3.46. The molecule has 0 radical (unpaired) electrons. The number of benzene rings is 2. The first-order chi connectivity index (χ1) is 9.70. The molecule has 3 nitrogen and oxygen atoms in total. The second kappa shape index (κ2) is 6.53. The van der Waals surface area contributed by atoms with Crippen molar-refractivity contribution in [1.82, 2.24) is 0 Å². The third-order valence-electron chi connectivity index (χ3n) is 2.94. The number of nitrogens with zero attached hydrogens (tertiary/aromatic N) is 1. The maximum atomic E-state index is 12.1. The number of carbonyl (C=O) groups is 1. The van der Waals surface area contributed by atoms with Crippen LogP contribution in [0.5, 0.6) is 11.5 Å². The lowest BCUT2D eigenvalue weighted by molar-refractivity contribution is 0.0931. The van der Waals surface area contributed by atoms with Crippen LogP contribution < -0.4 is 4.74 Å². The lowest BCUT2D eigenvalue weighted by Gasteiger charge is -2.09. The quantitative estimate of drug-likeness (QED) is 0.761. The SMILES string of the molecule is CC(CC#N)C(=O)c1cccc(Oc2ccccc2)c1. The molecule has 0 spiro atoms. The number of rotatable bonds is 5. The van der Waals surface area contributed by atoms with Crippen LogP contribution in [0.2, 0.25) is 0 Å². The van der Waals surface area contributed by atoms with E-state index in [-0.39, 0.29) is 18.1 Å². The van der Waals surface area contributed by atoms with Crippen LogP contribution in [0, 0.1) is 17.2 Å². The van der Waals surface area contributed by atoms with Gasteiger partial charge in [0, 0.05) is 17.9 Å². The molecule has 1 unspecified atom stereocenters. The third-order valence-corrected chi connectivity index (χ3v) is 2.94. The van der Waals surface area contributed by atoms with E-state index in [4.69, 9.17) is 10.00 Å². The van der Waals surface area contributed by atoms with E-state index in [0.29, 0.717) is 11.3 Å². The van der Waals surface area contributed by atoms with Crippen molar-refractivity contribution in [1.29, 1.82) is 5.26 Å². The van der Waals surface area contributed by atoms with Gasteiger partial charge < -0.3 is 4.74 Å². The standard InChI is InChI=1S/C17H15NO2/c1-13(10-11-18)17(19)14-6-5-9-16(12-14)20-15-7-3-2-4-8-15/h2-9,12-13H,10H2,1H3. The van der Waals surface area contributed by atoms with E-state index in [2.05, 4.69) is 0 Å². The van der Waals surface area contributed by atoms with Crippen LogP contribution in [0.4, 0.5) is 0 Å². The Morgan fingerprint density at radius 3 is 2.55 bits per heavy atom. The first kappa shape index (κ1) is 13.8. The second-order valence-electron chi connectivity index (χ2n) is 4.57. The molecular weight excluding hydrogens is 250 g/mol. The van der Waals surface area contributed by atoms with E-state index in [9.17, 15) is 4.79 Å². The van der Waals surface area contributed by atoms with Gasteiger partial charge in [-0.2, -0.15) is 5.26 Å². The van der Waals surface area contributed by atoms with Gasteiger partial charge in [0.25, 0.3) is 0 Å². The minimum absolute atomic E-state index is 0.0370. The maximum Gasteiger partial charge on any atom is 0.166 e. The number of ether oxygens (including phenoxy) is 1. The number of para-hydroxylation sites is 1. The minimum atomic E-state index is -0.299. The lowest BCUT2D eigenvalue weighted by atomic mass is 9.97. The molecule has 0 aromatic heterocycles. The average molecular weight is 265 g/mol. The number of nitriles is 1. The van der Waals surface area contributed by atoms with Gasteiger partial charge in [0.15, 0.2) is 5.78 Å². The molecule has 0 aliphatic heterocycles. The largest absolute Gasteiger partial charge is 0.457 e. The van der Waals surface area contributed by atoms with Crippen molar-refractivity contribution < 1.29 is 9.53 Å². The summed E-state index contributed by atoms with van der Waals surface area (Å²) in [5, 5.41) is 8.65. The van der Waals surface area contributed by atoms with Crippen molar-refractivity contribution in [2.24, 2.45) is 5.92 Å². The average Bonchev–Trinajstić information content (AvgIpc) is 2.48. The van der Waals surface area contributed by atoms with Crippen molar-refractivity contribution in [2.45, 2.75) is 13.3 Å². The molecule has 20 heavy (non-hydrogen) atoms. The highest BCUT2D eigenvalue weighted by atomic mass is 16.5. The van der Waals surface area contributed by atoms with E-state index in [1.54, 1.807) is 31.2 Å². The van der Waals surface area contributed by atoms with E-state index < -0.39 is 0 Å². The summed E-state index contributed by atoms with van der Waals surface area (Å²) in [7, 11) is 0. The molecule has 0 aliphatic carbocycles. The van der Waals surface area contributed by atoms with Crippen molar-refractivity contribution in [3.05, 3.63) is 60.2 Å². The van der Waals surface area contributed by atoms with Crippen LogP contribution in [0.15, 0.2) is 54.6 Å². The van der Waals surface area contributed by atoms with Gasteiger partial charge in [0.2, 0.25) is 0 Å². The Kier molecular flexibility index (Phi) is 4.52. The minimum Gasteiger partial charge on any atom is -0.457 e. The first-order valence-corrected chi connectivity index (χ1v) is 6.45. The van der Waals surface area contributed by atoms with E-state index in [1.165, 1.54) is 0 Å². The number of hydrogen-bond donors (Lipinski definition) is 0. The van der Waals surface area contributed by atoms with Crippen molar-refractivity contribution in [3.8, 4) is 17.6 Å². The Morgan fingerprint density at radius 1 is 1.15 bits per heavy atom. The molecule has 0 heterocycles. The predicted molar refractivity (Wildman–Crippen MR) is 76.7 cm³/mol. The summed E-state index contributed by atoms with van der Waals surface area (Å²) < 4.78 is 5.69. The van der Waals surface area contributed by atoms with Crippen LogP contribution in [-0.2, 0) is 0 Å². The molecule has 1 atom stereocenters. The van der Waals surface area contributed by atoms with Gasteiger partial charge in [0.05, 0.1) is 6.07 Å². The molecule has 0 bridgehead atoms. The molecule has 0 amide bonds. The van der Waals surface area contributed by atoms with Crippen molar-refractivity contribution in [3.63, 3.8) is 0 Å². The fourth-order valence-electron chi connectivity index (χ4n) is 1.85. The topological polar surface area (TPSA) is 50.1 Å². The molecule has 2 aromatic carbocycles. The highest BCUT2D eigenvalue weighted by molar-refractivity contribution is 5.98. The summed E-state index contributed by atoms with van der Waals surface area (Å²) in [6.45, 7) is 1.76. The number of carbonyl (C=O) groups excluding carboxylic acids is 1. The number of hydrogen-bond acceptors (Lipinski definition) is 3. The highest BCUT2D eigenvalue weighted by Gasteiger charge is 2.15. The summed E-state index contributed by atoms with van der Waals surface area (Å²) in [5.74, 6) is 1.01. The zero-order valence-electron chi connectivity index (χ0n) is 11.2. The summed E-state index contributed by atoms with van der Waals surface area (Å²) in [4.78, 5) is 12.1. The molecule has 2 rings (SSSR count). The number of ketones is 1. The Morgan fingerprint density at radius 2 is 1.85 bits per heavy atom. The smallest absolute Gasteiger partial charge is 0.166 e. The molecule has 3 heteroatoms. The van der Waals surface area contributed by atoms with Crippen LogP contribution in [-0.4, -0.2) is 5.78 Å². The summed E-state index contributed by atoms with van der Waals surface area (Å²) >= 11 is 0. The molecule has 0 saturated carbocycles. The van der Waals surface area contributed by atoms with E-state index >= 15 is 0 Å². The molecular formula is C17H15NO2. The van der Waals surface area contributed by atoms with Crippen molar-refractivity contribution >= 4 is 5.78 Å². The van der Waals surface area contributed by atoms with Gasteiger partial charge in [-0.15, -0.1) is 0 Å². The zero-order valence-corrected chi connectivity index (χ0v) is 11.2. The Bertz CT molecular complexity index is 629. The van der Waals surface area contributed by atoms with Crippen molar-refractivity contribution in [2.75, 3.05) is 0 Å². The van der Waals surface area contributed by atoms with Gasteiger partial charge in [-0.3, -0.25) is 4.79 Å². The van der Waals surface area contributed by atoms with Gasteiger partial charge in [-0.25, -0.2) is 0 Å². The fourth-order valence-corrected chi connectivity index (χ4v) is 1.85. The van der Waals surface area contributed by atoms with Gasteiger partial charge >= 0.3 is 0 Å². The van der Waals surface area contributed by atoms with Crippen LogP contribution in [0.1, 0.15) is 23.7 Å². The van der Waals surface area contributed by atoms with Gasteiger partial charge in [-0.1, -0.05) is 37.3 Å². The lowest BCUT2D eigenvalue weighted by Crippen LogP contribution is -2.10. The molecule has 0 fully saturated rings. The summed E-state index contributed by atoms with van der Waals surface area (Å²) in [5.41, 5.74) is 0.571. The van der Waals surface area contributed by atoms with Gasteiger partial charge in [-0.05, 0) is 24.3 Å². The summed E-state index contributed by atoms with van der Waals surface area (Å²) in [6.07, 6.45) is 0.225. The normalized spacial score (nSPS) is 11.4. The predicted octanol–water partition coefficient (Wildman–Crippen LogP) is 4.21. The fraction of sp³-hybridized carbons (Fsp3) is 0.176. The Labute approximate surface area is 118 Å². The molecule has 2 aromatic rings. The Balaban J connectivity index is 2.16. The molecule has 0 saturated heterocycles. The van der Waals surface area contributed by atoms with Gasteiger partial charge in [0.1, 0.15) is 11.5 Å². The van der Waals surface area contributed by atoms with Crippen LogP contribution in [0.3, 0.4) is 0 Å². The summed E-state index contributed by atoms with van der Waals surface area (Å²) in [6, 6.07) is 18.5. The molecule has 0 aliphatic rings. The van der Waals surface area contributed by atoms with Crippen LogP contribution in [0.25, 0.3) is 0 Å². The Hall–Kier alpha value is -2.60. The molecule has 100 valence electrons. The maximum absolute atomic E-state index is 12.1. The monoisotopic (exact) mass is 265 g/mol. The van der Waals surface area contributed by atoms with E-state index in [1.807, 2.05) is 36.4 Å².